The average Bonchev–Trinajstić information content (AvgIpc) is 3.13. The van der Waals surface area contributed by atoms with Gasteiger partial charge in [0.1, 0.15) is 4.49 Å². The number of sulfonamides is 1. The lowest BCUT2D eigenvalue weighted by molar-refractivity contribution is -0.118. The smallest absolute Gasteiger partial charge is 0.229 e. The van der Waals surface area contributed by atoms with Crippen molar-refractivity contribution in [1.82, 2.24) is 9.97 Å². The highest BCUT2D eigenvalue weighted by Crippen LogP contribution is 2.60. The van der Waals surface area contributed by atoms with E-state index < -0.39 is 10.0 Å². The van der Waals surface area contributed by atoms with Gasteiger partial charge >= 0.3 is 0 Å². The van der Waals surface area contributed by atoms with Crippen molar-refractivity contribution in [3.05, 3.63) is 57.0 Å². The zero-order valence-corrected chi connectivity index (χ0v) is 19.2. The Morgan fingerprint density at radius 2 is 1.70 bits per heavy atom. The van der Waals surface area contributed by atoms with Crippen LogP contribution < -0.4 is 5.32 Å². The molecule has 30 heavy (non-hydrogen) atoms. The van der Waals surface area contributed by atoms with Crippen LogP contribution in [0.25, 0.3) is 4.72 Å². The summed E-state index contributed by atoms with van der Waals surface area (Å²) in [5.41, 5.74) is 1.47. The summed E-state index contributed by atoms with van der Waals surface area (Å²) in [4.78, 5) is 20.6. The summed E-state index contributed by atoms with van der Waals surface area (Å²) in [7, 11) is -3.99. The zero-order chi connectivity index (χ0) is 22.3. The summed E-state index contributed by atoms with van der Waals surface area (Å²) in [6, 6.07) is 7.50. The van der Waals surface area contributed by atoms with Gasteiger partial charge in [0.2, 0.25) is 15.9 Å². The van der Waals surface area contributed by atoms with Crippen molar-refractivity contribution in [2.24, 2.45) is 17.3 Å². The van der Waals surface area contributed by atoms with E-state index >= 15 is 0 Å². The molecule has 0 bridgehead atoms. The van der Waals surface area contributed by atoms with E-state index in [-0.39, 0.29) is 38.5 Å². The number of allylic oxidation sites excluding steroid dienone is 1. The van der Waals surface area contributed by atoms with Crippen LogP contribution in [0, 0.1) is 31.1 Å². The third-order valence-electron chi connectivity index (χ3n) is 5.09. The van der Waals surface area contributed by atoms with Crippen LogP contribution in [0.5, 0.6) is 0 Å². The molecule has 2 aromatic rings. The highest BCUT2D eigenvalue weighted by molar-refractivity contribution is 7.94. The number of amides is 1. The molecule has 1 N–H and O–H groups in total. The SMILES string of the molecule is Cc1cc(C)nc([N-]S(=O)(=O)c2ccc(NC(=O)C3C(C=C(Cl)Cl)C3(C)C)cc2)n1. The van der Waals surface area contributed by atoms with Crippen LogP contribution in [0.2, 0.25) is 0 Å². The number of aromatic nitrogens is 2. The van der Waals surface area contributed by atoms with E-state index in [2.05, 4.69) is 20.0 Å². The Bertz CT molecular complexity index is 1090. The molecule has 2 atom stereocenters. The number of nitrogens with zero attached hydrogens (tertiary/aromatic N) is 3. The van der Waals surface area contributed by atoms with E-state index in [9.17, 15) is 13.2 Å². The largest absolute Gasteiger partial charge is 0.363 e. The van der Waals surface area contributed by atoms with Crippen molar-refractivity contribution >= 4 is 50.8 Å². The molecule has 10 heteroatoms. The minimum absolute atomic E-state index is 0.0234. The molecule has 0 radical (unpaired) electrons. The second-order valence-corrected chi connectivity index (χ2v) is 10.4. The van der Waals surface area contributed by atoms with Gasteiger partial charge in [-0.25, -0.2) is 8.42 Å². The number of benzene rings is 1. The Labute approximate surface area is 186 Å². The molecule has 2 unspecified atom stereocenters. The number of aryl methyl sites for hydroxylation is 2. The Kier molecular flexibility index (Phi) is 6.13. The quantitative estimate of drug-likeness (QED) is 0.642. The van der Waals surface area contributed by atoms with Gasteiger partial charge in [0, 0.05) is 11.6 Å². The molecule has 1 amide bonds. The normalized spacial score (nSPS) is 19.7. The number of nitrogens with one attached hydrogen (secondary N) is 1. The molecule has 0 spiro atoms. The minimum atomic E-state index is -3.99. The molecule has 3 rings (SSSR count). The van der Waals surface area contributed by atoms with Crippen LogP contribution in [0.1, 0.15) is 25.2 Å². The van der Waals surface area contributed by atoms with E-state index in [0.29, 0.717) is 17.1 Å². The van der Waals surface area contributed by atoms with Gasteiger partial charge < -0.3 is 15.3 Å². The van der Waals surface area contributed by atoms with Gasteiger partial charge in [0.15, 0.2) is 0 Å². The third-order valence-corrected chi connectivity index (χ3v) is 6.61. The zero-order valence-electron chi connectivity index (χ0n) is 16.8. The summed E-state index contributed by atoms with van der Waals surface area (Å²) >= 11 is 11.5. The summed E-state index contributed by atoms with van der Waals surface area (Å²) in [5, 5.41) is 2.80. The second-order valence-electron chi connectivity index (χ2n) is 7.81. The molecule has 0 aliphatic heterocycles. The highest BCUT2D eigenvalue weighted by atomic mass is 35.5. The molecule has 160 valence electrons. The average molecular weight is 468 g/mol. The number of hydrogen-bond donors (Lipinski definition) is 1. The first-order valence-corrected chi connectivity index (χ1v) is 11.3. The van der Waals surface area contributed by atoms with Crippen LogP contribution >= 0.6 is 23.2 Å². The Balaban J connectivity index is 1.70. The summed E-state index contributed by atoms with van der Waals surface area (Å²) in [6.07, 6.45) is 1.67. The molecule has 1 heterocycles. The minimum Gasteiger partial charge on any atom is -0.363 e. The summed E-state index contributed by atoms with van der Waals surface area (Å²) in [6.45, 7) is 7.39. The van der Waals surface area contributed by atoms with Crippen molar-refractivity contribution in [3.63, 3.8) is 0 Å². The molecular weight excluding hydrogens is 447 g/mol. The highest BCUT2D eigenvalue weighted by Gasteiger charge is 2.60. The summed E-state index contributed by atoms with van der Waals surface area (Å²) in [5.74, 6) is -0.624. The molecule has 1 aliphatic rings. The van der Waals surface area contributed by atoms with Gasteiger partial charge in [-0.05, 0) is 66.9 Å². The molecule has 1 aliphatic carbocycles. The van der Waals surface area contributed by atoms with E-state index in [0.717, 1.165) is 0 Å². The first-order valence-electron chi connectivity index (χ1n) is 9.14. The number of anilines is 1. The fraction of sp³-hybridized carbons (Fsp3) is 0.350. The van der Waals surface area contributed by atoms with Gasteiger partial charge in [-0.15, -0.1) is 0 Å². The topological polar surface area (TPSA) is 103 Å². The van der Waals surface area contributed by atoms with Gasteiger partial charge in [0.05, 0.1) is 10.8 Å². The van der Waals surface area contributed by atoms with E-state index in [1.807, 2.05) is 13.8 Å². The van der Waals surface area contributed by atoms with Crippen molar-refractivity contribution in [2.75, 3.05) is 5.32 Å². The fourth-order valence-corrected chi connectivity index (χ4v) is 4.62. The molecule has 1 fully saturated rings. The Hall–Kier alpha value is -2.16. The fourth-order valence-electron chi connectivity index (χ4n) is 3.46. The van der Waals surface area contributed by atoms with E-state index in [1.165, 1.54) is 24.3 Å². The number of hydrogen-bond acceptors (Lipinski definition) is 5. The Morgan fingerprint density at radius 3 is 2.23 bits per heavy atom. The predicted octanol–water partition coefficient (Wildman–Crippen LogP) is 5.02. The van der Waals surface area contributed by atoms with Crippen LogP contribution in [-0.2, 0) is 14.8 Å². The second kappa shape index (κ2) is 8.17. The number of carbonyl (C=O) groups excluding carboxylic acids is 1. The van der Waals surface area contributed by atoms with Crippen LogP contribution in [0.3, 0.4) is 0 Å². The van der Waals surface area contributed by atoms with Crippen molar-refractivity contribution in [3.8, 4) is 0 Å². The third kappa shape index (κ3) is 4.94. The van der Waals surface area contributed by atoms with Gasteiger partial charge in [0.25, 0.3) is 0 Å². The predicted molar refractivity (Wildman–Crippen MR) is 117 cm³/mol. The van der Waals surface area contributed by atoms with Crippen molar-refractivity contribution in [2.45, 2.75) is 32.6 Å². The molecule has 1 aromatic heterocycles. The molecule has 0 saturated heterocycles. The van der Waals surface area contributed by atoms with Crippen LogP contribution in [0.15, 0.2) is 45.8 Å². The molecule has 7 nitrogen and oxygen atoms in total. The van der Waals surface area contributed by atoms with E-state index in [1.54, 1.807) is 26.0 Å². The lowest BCUT2D eigenvalue weighted by Gasteiger charge is -2.15. The first-order chi connectivity index (χ1) is 13.9. The van der Waals surface area contributed by atoms with Crippen LogP contribution in [0.4, 0.5) is 11.6 Å². The van der Waals surface area contributed by atoms with Crippen LogP contribution in [-0.4, -0.2) is 24.3 Å². The standard InChI is InChI=1S/C20H22Cl2N4O3S/c1-11-9-12(2)24-19(23-11)26-30(28,29)14-7-5-13(6-8-14)25-18(27)17-15(10-16(21)22)20(17,3)4/h5-10,15,17H,1-4H3,(H2,23,24,25,26,27)/p-1. The first kappa shape index (κ1) is 22.5. The molecular formula is C20H21Cl2N4O3S-. The van der Waals surface area contributed by atoms with Crippen molar-refractivity contribution in [1.29, 1.82) is 0 Å². The van der Waals surface area contributed by atoms with Gasteiger partial charge in [-0.1, -0.05) is 43.1 Å². The lowest BCUT2D eigenvalue weighted by Crippen LogP contribution is -2.16. The molecule has 1 saturated carbocycles. The number of halogens is 2. The lowest BCUT2D eigenvalue weighted by atomic mass is 10.1. The van der Waals surface area contributed by atoms with E-state index in [4.69, 9.17) is 23.2 Å². The number of rotatable bonds is 6. The van der Waals surface area contributed by atoms with Gasteiger partial charge in [-0.2, -0.15) is 0 Å². The summed E-state index contributed by atoms with van der Waals surface area (Å²) < 4.78 is 28.9. The van der Waals surface area contributed by atoms with Crippen molar-refractivity contribution < 1.29 is 13.2 Å². The van der Waals surface area contributed by atoms with Gasteiger partial charge in [-0.3, -0.25) is 9.52 Å². The molecule has 1 aromatic carbocycles. The maximum absolute atomic E-state index is 12.6. The monoisotopic (exact) mass is 467 g/mol. The maximum Gasteiger partial charge on any atom is 0.229 e. The Morgan fingerprint density at radius 1 is 1.13 bits per heavy atom. The maximum atomic E-state index is 12.6. The number of carbonyl (C=O) groups is 1.